The summed E-state index contributed by atoms with van der Waals surface area (Å²) in [4.78, 5) is 19.5. The van der Waals surface area contributed by atoms with Crippen LogP contribution in [0.5, 0.6) is 5.75 Å². The number of carbonyl (C=O) groups excluding carboxylic acids is 1. The highest BCUT2D eigenvalue weighted by Crippen LogP contribution is 2.36. The minimum atomic E-state index is -4.57. The van der Waals surface area contributed by atoms with Gasteiger partial charge in [-0.3, -0.25) is 9.48 Å². The second-order valence-corrected chi connectivity index (χ2v) is 12.6. The van der Waals surface area contributed by atoms with Crippen molar-refractivity contribution in [2.24, 2.45) is 0 Å². The van der Waals surface area contributed by atoms with E-state index in [0.717, 1.165) is 27.6 Å². The molecule has 0 N–H and O–H groups in total. The normalized spacial score (nSPS) is 19.5. The molecule has 3 aromatic rings. The number of likely N-dealkylation sites (tertiary alicyclic amines) is 1. The summed E-state index contributed by atoms with van der Waals surface area (Å²) in [5.74, 6) is 0.0312. The van der Waals surface area contributed by atoms with Gasteiger partial charge in [0.25, 0.3) is 0 Å². The summed E-state index contributed by atoms with van der Waals surface area (Å²) in [6.07, 6.45) is -3.03. The Kier molecular flexibility index (Phi) is 8.16. The molecule has 0 aliphatic carbocycles. The Morgan fingerprint density at radius 3 is 2.56 bits per heavy atom. The molecule has 1 aromatic carbocycles. The molecule has 1 amide bonds. The van der Waals surface area contributed by atoms with Gasteiger partial charge in [-0.05, 0) is 44.4 Å². The highest BCUT2D eigenvalue weighted by Gasteiger charge is 2.36. The molecule has 2 unspecified atom stereocenters. The third-order valence-electron chi connectivity index (χ3n) is 7.11. The molecule has 4 heterocycles. The first-order valence-corrected chi connectivity index (χ1v) is 15.6. The minimum Gasteiger partial charge on any atom is -0.382 e. The largest absolute Gasteiger partial charge is 0.435 e. The second-order valence-electron chi connectivity index (χ2n) is 10.1. The molecule has 10 nitrogen and oxygen atoms in total. The van der Waals surface area contributed by atoms with Crippen LogP contribution >= 0.6 is 11.3 Å². The van der Waals surface area contributed by atoms with Gasteiger partial charge in [0.05, 0.1) is 24.5 Å². The molecule has 2 aliphatic rings. The fourth-order valence-corrected chi connectivity index (χ4v) is 6.50. The van der Waals surface area contributed by atoms with E-state index in [1.54, 1.807) is 24.0 Å². The van der Waals surface area contributed by atoms with Gasteiger partial charge in [-0.25, -0.2) is 4.98 Å². The van der Waals surface area contributed by atoms with Crippen LogP contribution in [0.4, 0.5) is 13.2 Å². The van der Waals surface area contributed by atoms with Crippen LogP contribution < -0.4 is 4.18 Å². The van der Waals surface area contributed by atoms with E-state index in [1.807, 2.05) is 11.4 Å². The molecule has 1 fully saturated rings. The number of fused-ring (bicyclic) bond motifs is 1. The Labute approximate surface area is 239 Å². The van der Waals surface area contributed by atoms with Gasteiger partial charge in [-0.1, -0.05) is 12.1 Å². The number of aryl methyl sites for hydroxylation is 1. The molecule has 0 radical (unpaired) electrons. The summed E-state index contributed by atoms with van der Waals surface area (Å²) in [5.41, 5.74) is 1.22. The molecule has 0 spiro atoms. The SMILES string of the molecule is Cc1cc(C(F)(F)F)nn1C(C)C(=O)N1CCC(c2nc(C3OCc4cccc(OS(C)(=O)=O)c4CO3)cs2)CC1. The number of aromatic nitrogens is 3. The molecule has 2 aliphatic heterocycles. The summed E-state index contributed by atoms with van der Waals surface area (Å²) < 4.78 is 80.6. The number of halogens is 3. The number of benzene rings is 1. The molecule has 41 heavy (non-hydrogen) atoms. The summed E-state index contributed by atoms with van der Waals surface area (Å²) in [6, 6.07) is 5.17. The van der Waals surface area contributed by atoms with Crippen LogP contribution in [0, 0.1) is 6.92 Å². The first-order valence-electron chi connectivity index (χ1n) is 12.9. The highest BCUT2D eigenvalue weighted by atomic mass is 32.2. The van der Waals surface area contributed by atoms with Crippen LogP contribution in [-0.4, -0.2) is 53.3 Å². The monoisotopic (exact) mass is 614 g/mol. The van der Waals surface area contributed by atoms with Crippen molar-refractivity contribution in [1.82, 2.24) is 19.7 Å². The molecular weight excluding hydrogens is 585 g/mol. The maximum atomic E-state index is 13.1. The van der Waals surface area contributed by atoms with E-state index in [1.165, 1.54) is 18.3 Å². The van der Waals surface area contributed by atoms with Crippen molar-refractivity contribution in [3.8, 4) is 5.75 Å². The number of amides is 1. The first-order chi connectivity index (χ1) is 19.3. The van der Waals surface area contributed by atoms with Crippen LogP contribution in [0.2, 0.25) is 0 Å². The first kappa shape index (κ1) is 29.5. The zero-order valence-electron chi connectivity index (χ0n) is 22.6. The predicted octanol–water partition coefficient (Wildman–Crippen LogP) is 4.72. The quantitative estimate of drug-likeness (QED) is 0.367. The van der Waals surface area contributed by atoms with Crippen LogP contribution in [0.1, 0.15) is 71.2 Å². The average Bonchev–Trinajstić information content (AvgIpc) is 3.49. The van der Waals surface area contributed by atoms with Crippen molar-refractivity contribution in [3.63, 3.8) is 0 Å². The Morgan fingerprint density at radius 2 is 1.90 bits per heavy atom. The van der Waals surface area contributed by atoms with Crippen molar-refractivity contribution in [2.75, 3.05) is 19.3 Å². The van der Waals surface area contributed by atoms with Crippen molar-refractivity contribution in [2.45, 2.75) is 64.3 Å². The standard InChI is InChI=1S/C26H29F3N4O6S2/c1-15-11-22(26(27,28)29)31-33(15)16(2)24(34)32-9-7-17(8-10-32)23-30-20(14-40-23)25-37-12-18-5-4-6-21(19(18)13-38-25)39-41(3,35)36/h4-6,11,14,16-17,25H,7-10,12-13H2,1-3H3. The topological polar surface area (TPSA) is 113 Å². The Morgan fingerprint density at radius 1 is 1.20 bits per heavy atom. The third kappa shape index (κ3) is 6.58. The Balaban J connectivity index is 1.19. The molecule has 222 valence electrons. The summed E-state index contributed by atoms with van der Waals surface area (Å²) in [5, 5.41) is 6.37. The molecule has 5 rings (SSSR count). The number of ether oxygens (including phenoxy) is 2. The smallest absolute Gasteiger partial charge is 0.382 e. The fourth-order valence-electron chi connectivity index (χ4n) is 5.03. The summed E-state index contributed by atoms with van der Waals surface area (Å²) in [7, 11) is -3.71. The van der Waals surface area contributed by atoms with Gasteiger partial charge < -0.3 is 18.6 Å². The number of rotatable bonds is 6. The van der Waals surface area contributed by atoms with Crippen LogP contribution in [0.25, 0.3) is 0 Å². The highest BCUT2D eigenvalue weighted by molar-refractivity contribution is 7.86. The van der Waals surface area contributed by atoms with Crippen LogP contribution in [0.15, 0.2) is 29.6 Å². The maximum absolute atomic E-state index is 13.1. The molecule has 2 aromatic heterocycles. The van der Waals surface area contributed by atoms with Crippen LogP contribution in [-0.2, 0) is 43.8 Å². The van der Waals surface area contributed by atoms with E-state index in [-0.39, 0.29) is 36.5 Å². The number of alkyl halides is 3. The number of piperidine rings is 1. The molecule has 0 bridgehead atoms. The van der Waals surface area contributed by atoms with Gasteiger partial charge in [0.2, 0.25) is 12.2 Å². The molecule has 0 saturated carbocycles. The second kappa shape index (κ2) is 11.3. The minimum absolute atomic E-state index is 0.0808. The van der Waals surface area contributed by atoms with Gasteiger partial charge >= 0.3 is 16.3 Å². The van der Waals surface area contributed by atoms with Crippen molar-refractivity contribution < 1.29 is 40.0 Å². The molecule has 15 heteroatoms. The number of thiazole rings is 1. The van der Waals surface area contributed by atoms with Gasteiger partial charge in [0, 0.05) is 35.6 Å². The molecule has 1 saturated heterocycles. The average molecular weight is 615 g/mol. The summed E-state index contributed by atoms with van der Waals surface area (Å²) in [6.45, 7) is 4.22. The molecule has 2 atom stereocenters. The Hall–Kier alpha value is -3.01. The predicted molar refractivity (Wildman–Crippen MR) is 142 cm³/mol. The van der Waals surface area contributed by atoms with Crippen molar-refractivity contribution in [3.05, 3.63) is 62.9 Å². The van der Waals surface area contributed by atoms with Crippen molar-refractivity contribution in [1.29, 1.82) is 0 Å². The number of nitrogens with zero attached hydrogens (tertiary/aromatic N) is 4. The Bertz CT molecular complexity index is 1530. The lowest BCUT2D eigenvalue weighted by molar-refractivity contribution is -0.155. The zero-order valence-corrected chi connectivity index (χ0v) is 24.2. The maximum Gasteiger partial charge on any atom is 0.435 e. The lowest BCUT2D eigenvalue weighted by Crippen LogP contribution is -2.41. The number of carbonyl (C=O) groups is 1. The van der Waals surface area contributed by atoms with Gasteiger partial charge in [-0.15, -0.1) is 11.3 Å². The zero-order chi connectivity index (χ0) is 29.5. The van der Waals surface area contributed by atoms with E-state index in [2.05, 4.69) is 5.10 Å². The van der Waals surface area contributed by atoms with E-state index < -0.39 is 34.3 Å². The lowest BCUT2D eigenvalue weighted by atomic mass is 9.97. The van der Waals surface area contributed by atoms with Gasteiger partial charge in [-0.2, -0.15) is 26.7 Å². The van der Waals surface area contributed by atoms with E-state index >= 15 is 0 Å². The van der Waals surface area contributed by atoms with E-state index in [0.29, 0.717) is 37.2 Å². The fraction of sp³-hybridized carbons (Fsp3) is 0.500. The summed E-state index contributed by atoms with van der Waals surface area (Å²) >= 11 is 1.47. The van der Waals surface area contributed by atoms with Crippen molar-refractivity contribution >= 4 is 27.4 Å². The number of hydrogen-bond acceptors (Lipinski definition) is 9. The van der Waals surface area contributed by atoms with E-state index in [9.17, 15) is 26.4 Å². The van der Waals surface area contributed by atoms with Crippen LogP contribution in [0.3, 0.4) is 0 Å². The molecular formula is C26H29F3N4O6S2. The van der Waals surface area contributed by atoms with Gasteiger partial charge in [0.15, 0.2) is 5.69 Å². The van der Waals surface area contributed by atoms with Gasteiger partial charge in [0.1, 0.15) is 17.5 Å². The lowest BCUT2D eigenvalue weighted by Gasteiger charge is -2.33. The third-order valence-corrected chi connectivity index (χ3v) is 8.62. The number of hydrogen-bond donors (Lipinski definition) is 0. The van der Waals surface area contributed by atoms with E-state index in [4.69, 9.17) is 18.6 Å².